The van der Waals surface area contributed by atoms with Gasteiger partial charge in [-0.25, -0.2) is 5.84 Å². The molecule has 2 aromatic rings. The molecule has 0 aromatic heterocycles. The summed E-state index contributed by atoms with van der Waals surface area (Å²) >= 11 is 6.36. The Kier molecular flexibility index (Phi) is 13.5. The smallest absolute Gasteiger partial charge is 0.242 e. The molecule has 0 bridgehead atoms. The topological polar surface area (TPSA) is 119 Å². The number of rotatable bonds is 17. The molecule has 1 unspecified atom stereocenters. The zero-order valence-corrected chi connectivity index (χ0v) is 27.5. The van der Waals surface area contributed by atoms with Crippen molar-refractivity contribution in [3.05, 3.63) is 107 Å². The summed E-state index contributed by atoms with van der Waals surface area (Å²) in [5.74, 6) is 6.56. The molecular formula is C35H47ClN6O4. The van der Waals surface area contributed by atoms with Crippen LogP contribution in [0.1, 0.15) is 24.0 Å². The van der Waals surface area contributed by atoms with E-state index in [9.17, 15) is 4.79 Å². The number of carbonyl (C=O) groups excluding carboxylic acids is 1. The fraction of sp³-hybridized carbons (Fsp3) is 0.400. The minimum absolute atomic E-state index is 0.00470. The third-order valence-electron chi connectivity index (χ3n) is 8.08. The maximum atomic E-state index is 12.8. The van der Waals surface area contributed by atoms with Gasteiger partial charge in [0.2, 0.25) is 5.91 Å². The number of benzene rings is 2. The number of para-hydroxylation sites is 1. The van der Waals surface area contributed by atoms with Gasteiger partial charge in [-0.1, -0.05) is 67.2 Å². The van der Waals surface area contributed by atoms with Gasteiger partial charge in [-0.3, -0.25) is 4.79 Å². The van der Waals surface area contributed by atoms with Crippen molar-refractivity contribution in [1.29, 1.82) is 0 Å². The number of hydrogen-bond acceptors (Lipinski definition) is 9. The quantitative estimate of drug-likeness (QED) is 0.132. The van der Waals surface area contributed by atoms with Crippen LogP contribution in [0.25, 0.3) is 5.70 Å². The zero-order valence-electron chi connectivity index (χ0n) is 26.8. The van der Waals surface area contributed by atoms with E-state index in [-0.39, 0.29) is 11.9 Å². The van der Waals surface area contributed by atoms with E-state index in [1.807, 2.05) is 49.5 Å². The number of allylic oxidation sites excluding steroid dienone is 2. The van der Waals surface area contributed by atoms with Crippen LogP contribution in [0.5, 0.6) is 0 Å². The molecule has 0 spiro atoms. The second kappa shape index (κ2) is 17.8. The van der Waals surface area contributed by atoms with Crippen molar-refractivity contribution < 1.29 is 19.0 Å². The Labute approximate surface area is 277 Å². The molecule has 2 heterocycles. The molecule has 248 valence electrons. The highest BCUT2D eigenvalue weighted by Gasteiger charge is 2.31. The van der Waals surface area contributed by atoms with E-state index < -0.39 is 0 Å². The monoisotopic (exact) mass is 650 g/mol. The molecule has 1 saturated heterocycles. The van der Waals surface area contributed by atoms with Gasteiger partial charge in [0.05, 0.1) is 68.3 Å². The number of halogens is 1. The first-order valence-corrected chi connectivity index (χ1v) is 16.1. The number of amides is 1. The Morgan fingerprint density at radius 3 is 2.41 bits per heavy atom. The number of nitrogens with two attached hydrogens (primary N) is 2. The van der Waals surface area contributed by atoms with Crippen molar-refractivity contribution >= 4 is 28.9 Å². The predicted octanol–water partition coefficient (Wildman–Crippen LogP) is 4.05. The summed E-state index contributed by atoms with van der Waals surface area (Å²) in [5, 5.41) is 5.28. The SMILES string of the molecule is C=CC1=C(\C=C)N(C)Cc2ccccc2/C(N(N)CCOCCOCCOCCNC(=O)C2CCCN2c2ccccc2Cl)=C\1N. The van der Waals surface area contributed by atoms with E-state index in [1.165, 1.54) is 0 Å². The van der Waals surface area contributed by atoms with Crippen molar-refractivity contribution in [2.75, 3.05) is 71.2 Å². The van der Waals surface area contributed by atoms with E-state index in [0.717, 1.165) is 53.2 Å². The summed E-state index contributed by atoms with van der Waals surface area (Å²) in [7, 11) is 2.01. The van der Waals surface area contributed by atoms with Crippen molar-refractivity contribution in [2.45, 2.75) is 25.4 Å². The second-order valence-corrected chi connectivity index (χ2v) is 11.5. The van der Waals surface area contributed by atoms with Crippen LogP contribution in [0.4, 0.5) is 5.69 Å². The molecule has 46 heavy (non-hydrogen) atoms. The lowest BCUT2D eigenvalue weighted by Crippen LogP contribution is -2.44. The number of ether oxygens (including phenoxy) is 3. The minimum atomic E-state index is -0.218. The zero-order chi connectivity index (χ0) is 32.9. The van der Waals surface area contributed by atoms with Gasteiger partial charge in [0.25, 0.3) is 0 Å². The first-order chi connectivity index (χ1) is 22.4. The van der Waals surface area contributed by atoms with Gasteiger partial charge in [0.1, 0.15) is 6.04 Å². The highest BCUT2D eigenvalue weighted by Crippen LogP contribution is 2.33. The maximum Gasteiger partial charge on any atom is 0.242 e. The van der Waals surface area contributed by atoms with E-state index in [2.05, 4.69) is 34.3 Å². The lowest BCUT2D eigenvalue weighted by atomic mass is 9.96. The molecule has 4 rings (SSSR count). The van der Waals surface area contributed by atoms with Gasteiger partial charge >= 0.3 is 0 Å². The standard InChI is InChI=1S/C35H47ClN6O4/c1-4-27-30(5-2)40(3)25-26-11-6-7-12-28(26)34(33(27)37)42(38)18-20-45-22-24-46-23-21-44-19-16-39-35(43)32-15-10-17-41(32)31-14-9-8-13-29(31)36/h4-9,11-14,32H,1-2,10,15-25,37-38H2,3H3,(H,39,43)/b30-27-,34-33-. The van der Waals surface area contributed by atoms with Crippen molar-refractivity contribution in [1.82, 2.24) is 15.2 Å². The largest absolute Gasteiger partial charge is 0.396 e. The molecule has 2 aliphatic heterocycles. The Balaban J connectivity index is 1.12. The molecule has 11 heteroatoms. The van der Waals surface area contributed by atoms with Gasteiger partial charge in [0, 0.05) is 43.5 Å². The summed E-state index contributed by atoms with van der Waals surface area (Å²) in [4.78, 5) is 17.0. The fourth-order valence-electron chi connectivity index (χ4n) is 5.83. The first-order valence-electron chi connectivity index (χ1n) is 15.7. The van der Waals surface area contributed by atoms with Crippen LogP contribution >= 0.6 is 11.6 Å². The maximum absolute atomic E-state index is 12.8. The molecule has 10 nitrogen and oxygen atoms in total. The summed E-state index contributed by atoms with van der Waals surface area (Å²) in [6, 6.07) is 15.5. The van der Waals surface area contributed by atoms with Crippen LogP contribution < -0.4 is 21.8 Å². The minimum Gasteiger partial charge on any atom is -0.396 e. The number of likely N-dealkylation sites (N-methyl/N-ethyl adjacent to an activating group) is 1. The van der Waals surface area contributed by atoms with Crippen LogP contribution in [-0.4, -0.2) is 88.2 Å². The fourth-order valence-corrected chi connectivity index (χ4v) is 6.07. The normalized spacial score (nSPS) is 19.8. The van der Waals surface area contributed by atoms with Crippen molar-refractivity contribution in [2.24, 2.45) is 11.6 Å². The number of carbonyl (C=O) groups is 1. The molecule has 1 amide bonds. The molecule has 0 aliphatic carbocycles. The third kappa shape index (κ3) is 8.92. The lowest BCUT2D eigenvalue weighted by Gasteiger charge is -2.32. The van der Waals surface area contributed by atoms with Gasteiger partial charge in [-0.05, 0) is 36.6 Å². The Hall–Kier alpha value is -3.80. The Morgan fingerprint density at radius 2 is 1.70 bits per heavy atom. The number of anilines is 1. The van der Waals surface area contributed by atoms with Crippen LogP contribution in [-0.2, 0) is 25.5 Å². The summed E-state index contributed by atoms with van der Waals surface area (Å²) in [5.41, 5.74) is 12.6. The molecular weight excluding hydrogens is 604 g/mol. The number of hydrazine groups is 1. The number of nitrogens with one attached hydrogen (secondary N) is 1. The third-order valence-corrected chi connectivity index (χ3v) is 8.40. The molecule has 1 fully saturated rings. The molecule has 0 saturated carbocycles. The lowest BCUT2D eigenvalue weighted by molar-refractivity contribution is -0.122. The highest BCUT2D eigenvalue weighted by atomic mass is 35.5. The average molecular weight is 651 g/mol. The van der Waals surface area contributed by atoms with Crippen molar-refractivity contribution in [3.8, 4) is 0 Å². The summed E-state index contributed by atoms with van der Waals surface area (Å²) in [6.07, 6.45) is 5.29. The molecule has 2 aromatic carbocycles. The molecule has 1 atom stereocenters. The average Bonchev–Trinajstić information content (AvgIpc) is 3.54. The van der Waals surface area contributed by atoms with Crippen molar-refractivity contribution in [3.63, 3.8) is 0 Å². The Morgan fingerprint density at radius 1 is 1.02 bits per heavy atom. The van der Waals surface area contributed by atoms with E-state index in [4.69, 9.17) is 37.4 Å². The first kappa shape index (κ1) is 35.1. The number of hydrogen-bond donors (Lipinski definition) is 3. The molecule has 2 aliphatic rings. The van der Waals surface area contributed by atoms with E-state index in [1.54, 1.807) is 17.2 Å². The predicted molar refractivity (Wildman–Crippen MR) is 185 cm³/mol. The summed E-state index contributed by atoms with van der Waals surface area (Å²) in [6.45, 7) is 12.8. The van der Waals surface area contributed by atoms with Gasteiger partial charge in [-0.2, -0.15) is 0 Å². The van der Waals surface area contributed by atoms with Gasteiger partial charge in [-0.15, -0.1) is 0 Å². The number of fused-ring (bicyclic) bond motifs is 1. The highest BCUT2D eigenvalue weighted by molar-refractivity contribution is 6.33. The van der Waals surface area contributed by atoms with Crippen LogP contribution in [0.2, 0.25) is 5.02 Å². The van der Waals surface area contributed by atoms with Crippen LogP contribution in [0, 0.1) is 0 Å². The number of nitrogens with zero attached hydrogens (tertiary/aromatic N) is 3. The summed E-state index contributed by atoms with van der Waals surface area (Å²) < 4.78 is 17.0. The Bertz CT molecular complexity index is 1410. The van der Waals surface area contributed by atoms with Crippen LogP contribution in [0.3, 0.4) is 0 Å². The molecule has 0 radical (unpaired) electrons. The second-order valence-electron chi connectivity index (χ2n) is 11.1. The van der Waals surface area contributed by atoms with Gasteiger partial charge < -0.3 is 40.1 Å². The van der Waals surface area contributed by atoms with Crippen LogP contribution in [0.15, 0.2) is 90.8 Å². The molecule has 5 N–H and O–H groups in total. The van der Waals surface area contributed by atoms with Gasteiger partial charge in [0.15, 0.2) is 0 Å². The van der Waals surface area contributed by atoms with E-state index >= 15 is 0 Å². The van der Waals surface area contributed by atoms with E-state index in [0.29, 0.717) is 70.0 Å².